The zero-order valence-electron chi connectivity index (χ0n) is 21.9. The summed E-state index contributed by atoms with van der Waals surface area (Å²) in [6.07, 6.45) is 7.20. The zero-order chi connectivity index (χ0) is 26.6. The third-order valence-electron chi connectivity index (χ3n) is 5.92. The summed E-state index contributed by atoms with van der Waals surface area (Å²) in [5, 5.41) is 16.7. The van der Waals surface area contributed by atoms with Crippen LogP contribution in [0.4, 0.5) is 5.82 Å². The number of carboxylic acid groups (broad SMARTS) is 1. The number of nitrogens with zero attached hydrogens (tertiary/aromatic N) is 3. The van der Waals surface area contributed by atoms with E-state index in [1.54, 1.807) is 14.0 Å². The summed E-state index contributed by atoms with van der Waals surface area (Å²) < 4.78 is 7.38. The Morgan fingerprint density at radius 3 is 2.42 bits per heavy atom. The monoisotopic (exact) mass is 520 g/mol. The van der Waals surface area contributed by atoms with Gasteiger partial charge in [0.2, 0.25) is 5.82 Å². The highest BCUT2D eigenvalue weighted by atomic mass is 32.2. The van der Waals surface area contributed by atoms with E-state index in [4.69, 9.17) is 4.74 Å². The van der Waals surface area contributed by atoms with E-state index >= 15 is 0 Å². The number of aryl methyl sites for hydroxylation is 1. The molecule has 0 saturated carbocycles. The average molecular weight is 521 g/mol. The van der Waals surface area contributed by atoms with E-state index in [2.05, 4.69) is 17.3 Å². The summed E-state index contributed by atoms with van der Waals surface area (Å²) in [6.45, 7) is 7.18. The molecule has 200 valence electrons. The van der Waals surface area contributed by atoms with Crippen LogP contribution >= 0.6 is 11.8 Å². The van der Waals surface area contributed by atoms with Crippen LogP contribution in [0.1, 0.15) is 72.1 Å². The predicted molar refractivity (Wildman–Crippen MR) is 144 cm³/mol. The lowest BCUT2D eigenvalue weighted by molar-refractivity contribution is -0.139. The first-order valence-electron chi connectivity index (χ1n) is 12.8. The second-order valence-corrected chi connectivity index (χ2v) is 10.7. The van der Waals surface area contributed by atoms with E-state index in [0.717, 1.165) is 43.4 Å². The summed E-state index contributed by atoms with van der Waals surface area (Å²) in [5.41, 5.74) is -0.789. The Labute approximate surface area is 217 Å². The maximum absolute atomic E-state index is 12.7. The van der Waals surface area contributed by atoms with E-state index in [0.29, 0.717) is 38.3 Å². The molecule has 0 aliphatic heterocycles. The first-order chi connectivity index (χ1) is 17.2. The van der Waals surface area contributed by atoms with Crippen LogP contribution in [0.15, 0.2) is 38.8 Å². The number of aromatic nitrogens is 3. The van der Waals surface area contributed by atoms with Crippen LogP contribution in [0.3, 0.4) is 0 Å². The first kappa shape index (κ1) is 29.5. The Hall–Kier alpha value is -2.75. The lowest BCUT2D eigenvalue weighted by Crippen LogP contribution is -2.42. The Morgan fingerprint density at radius 2 is 1.78 bits per heavy atom. The SMILES string of the molecule is CCCCCCCn1c(=O)c(NCCCOc2ccc(SC(C)(CCC)C(=O)O)cc2)nn(C)c1=O. The molecule has 10 heteroatoms. The zero-order valence-corrected chi connectivity index (χ0v) is 22.7. The Kier molecular flexibility index (Phi) is 12.1. The minimum atomic E-state index is -0.856. The van der Waals surface area contributed by atoms with Crippen molar-refractivity contribution in [1.82, 2.24) is 14.3 Å². The van der Waals surface area contributed by atoms with Gasteiger partial charge in [0.1, 0.15) is 10.5 Å². The quantitative estimate of drug-likeness (QED) is 0.231. The number of ether oxygens (including phenoxy) is 1. The highest BCUT2D eigenvalue weighted by Gasteiger charge is 2.33. The number of anilines is 1. The molecule has 2 N–H and O–H groups in total. The van der Waals surface area contributed by atoms with Crippen LogP contribution in [-0.2, 0) is 18.4 Å². The van der Waals surface area contributed by atoms with Crippen molar-refractivity contribution < 1.29 is 14.6 Å². The molecule has 0 fully saturated rings. The molecule has 0 aliphatic carbocycles. The smallest absolute Gasteiger partial charge is 0.347 e. The van der Waals surface area contributed by atoms with Gasteiger partial charge in [-0.25, -0.2) is 9.48 Å². The molecule has 0 amide bonds. The molecular formula is C26H40N4O5S. The molecule has 2 aromatic rings. The highest BCUT2D eigenvalue weighted by molar-refractivity contribution is 8.01. The summed E-state index contributed by atoms with van der Waals surface area (Å²) in [7, 11) is 1.55. The van der Waals surface area contributed by atoms with Gasteiger partial charge in [0.15, 0.2) is 0 Å². The van der Waals surface area contributed by atoms with Gasteiger partial charge in [0, 0.05) is 25.0 Å². The topological polar surface area (TPSA) is 115 Å². The number of carboxylic acids is 1. The van der Waals surface area contributed by atoms with Crippen molar-refractivity contribution in [3.63, 3.8) is 0 Å². The molecule has 0 saturated heterocycles. The number of aliphatic carboxylic acids is 1. The van der Waals surface area contributed by atoms with Gasteiger partial charge in [-0.1, -0.05) is 46.0 Å². The molecule has 0 radical (unpaired) electrons. The second kappa shape index (κ2) is 14.7. The largest absolute Gasteiger partial charge is 0.494 e. The van der Waals surface area contributed by atoms with Gasteiger partial charge < -0.3 is 15.2 Å². The fourth-order valence-corrected chi connectivity index (χ4v) is 5.00. The molecular weight excluding hydrogens is 480 g/mol. The third kappa shape index (κ3) is 8.72. The van der Waals surface area contributed by atoms with E-state index in [1.165, 1.54) is 21.0 Å². The third-order valence-corrected chi connectivity index (χ3v) is 7.26. The minimum Gasteiger partial charge on any atom is -0.494 e. The molecule has 1 unspecified atom stereocenters. The number of carbonyl (C=O) groups is 1. The second-order valence-electron chi connectivity index (χ2n) is 9.11. The molecule has 1 heterocycles. The average Bonchev–Trinajstić information content (AvgIpc) is 2.84. The Morgan fingerprint density at radius 1 is 1.08 bits per heavy atom. The van der Waals surface area contributed by atoms with E-state index in [-0.39, 0.29) is 11.4 Å². The van der Waals surface area contributed by atoms with Crippen molar-refractivity contribution in [1.29, 1.82) is 0 Å². The summed E-state index contributed by atoms with van der Waals surface area (Å²) in [4.78, 5) is 37.6. The lowest BCUT2D eigenvalue weighted by atomic mass is 10.1. The number of nitrogens with one attached hydrogen (secondary N) is 1. The Bertz CT molecular complexity index is 1080. The number of rotatable bonds is 17. The summed E-state index contributed by atoms with van der Waals surface area (Å²) >= 11 is 1.35. The highest BCUT2D eigenvalue weighted by Crippen LogP contribution is 2.37. The van der Waals surface area contributed by atoms with Crippen molar-refractivity contribution in [3.8, 4) is 5.75 Å². The number of benzene rings is 1. The minimum absolute atomic E-state index is 0.167. The number of thioether (sulfide) groups is 1. The van der Waals surface area contributed by atoms with Gasteiger partial charge in [-0.05, 0) is 50.5 Å². The van der Waals surface area contributed by atoms with Gasteiger partial charge in [0.25, 0.3) is 5.56 Å². The molecule has 1 atom stereocenters. The van der Waals surface area contributed by atoms with Gasteiger partial charge in [-0.15, -0.1) is 16.9 Å². The molecule has 36 heavy (non-hydrogen) atoms. The molecule has 9 nitrogen and oxygen atoms in total. The van der Waals surface area contributed by atoms with E-state index in [1.807, 2.05) is 31.2 Å². The van der Waals surface area contributed by atoms with Crippen molar-refractivity contribution in [2.45, 2.75) is 88.3 Å². The van der Waals surface area contributed by atoms with Crippen molar-refractivity contribution in [2.24, 2.45) is 7.05 Å². The van der Waals surface area contributed by atoms with Crippen molar-refractivity contribution in [2.75, 3.05) is 18.5 Å². The van der Waals surface area contributed by atoms with Crippen molar-refractivity contribution >= 4 is 23.5 Å². The molecule has 0 spiro atoms. The van der Waals surface area contributed by atoms with E-state index in [9.17, 15) is 19.5 Å². The van der Waals surface area contributed by atoms with Gasteiger partial charge in [0.05, 0.1) is 6.61 Å². The normalized spacial score (nSPS) is 12.8. The van der Waals surface area contributed by atoms with Gasteiger partial charge >= 0.3 is 11.7 Å². The maximum Gasteiger partial charge on any atom is 0.347 e. The Balaban J connectivity index is 1.84. The predicted octanol–water partition coefficient (Wildman–Crippen LogP) is 4.53. The fraction of sp³-hybridized carbons (Fsp3) is 0.615. The van der Waals surface area contributed by atoms with Crippen LogP contribution in [0.5, 0.6) is 5.75 Å². The molecule has 1 aromatic carbocycles. The molecule has 0 aliphatic rings. The van der Waals surface area contributed by atoms with Crippen LogP contribution in [0, 0.1) is 0 Å². The number of hydrogen-bond acceptors (Lipinski definition) is 7. The van der Waals surface area contributed by atoms with Crippen LogP contribution in [0.25, 0.3) is 0 Å². The van der Waals surface area contributed by atoms with Crippen molar-refractivity contribution in [3.05, 3.63) is 45.1 Å². The summed E-state index contributed by atoms with van der Waals surface area (Å²) in [6, 6.07) is 7.40. The van der Waals surface area contributed by atoms with E-state index < -0.39 is 16.4 Å². The molecule has 1 aromatic heterocycles. The van der Waals surface area contributed by atoms with Gasteiger partial charge in [-0.3, -0.25) is 14.2 Å². The first-order valence-corrected chi connectivity index (χ1v) is 13.6. The van der Waals surface area contributed by atoms with Crippen LogP contribution in [-0.4, -0.2) is 43.3 Å². The summed E-state index contributed by atoms with van der Waals surface area (Å²) in [5.74, 6) is 0.0482. The number of unbranched alkanes of at least 4 members (excludes halogenated alkanes) is 4. The maximum atomic E-state index is 12.7. The number of hydrogen-bond donors (Lipinski definition) is 2. The van der Waals surface area contributed by atoms with Crippen LogP contribution < -0.4 is 21.3 Å². The molecule has 2 rings (SSSR count). The lowest BCUT2D eigenvalue weighted by Gasteiger charge is -2.23. The fourth-order valence-electron chi connectivity index (χ4n) is 3.82. The van der Waals surface area contributed by atoms with Gasteiger partial charge in [-0.2, -0.15) is 0 Å². The standard InChI is InChI=1S/C26H40N4O5S/c1-5-7-8-9-10-18-30-23(31)22(28-29(4)25(30)34)27-17-11-19-35-20-12-14-21(15-13-20)36-26(3,16-6-2)24(32)33/h12-15H,5-11,16-19H2,1-4H3,(H,27,28)(H,32,33). The molecule has 0 bridgehead atoms. The van der Waals surface area contributed by atoms with Crippen LogP contribution in [0.2, 0.25) is 0 Å².